The summed E-state index contributed by atoms with van der Waals surface area (Å²) in [5.74, 6) is -0.199. The lowest BCUT2D eigenvalue weighted by Gasteiger charge is -2.12. The molecule has 3 rings (SSSR count). The third-order valence-corrected chi connectivity index (χ3v) is 4.92. The van der Waals surface area contributed by atoms with E-state index in [2.05, 4.69) is 19.7 Å². The molecule has 3 aromatic rings. The molecule has 0 saturated heterocycles. The normalized spacial score (nSPS) is 10.2. The summed E-state index contributed by atoms with van der Waals surface area (Å²) in [5.41, 5.74) is 2.97. The lowest BCUT2D eigenvalue weighted by molar-refractivity contribution is 0.0733. The van der Waals surface area contributed by atoms with Gasteiger partial charge in [-0.25, -0.2) is 9.59 Å². The predicted molar refractivity (Wildman–Crippen MR) is 131 cm³/mol. The molecule has 0 N–H and O–H groups in total. The molecule has 0 aliphatic carbocycles. The van der Waals surface area contributed by atoms with Gasteiger partial charge in [0, 0.05) is 0 Å². The van der Waals surface area contributed by atoms with Crippen LogP contribution in [0.5, 0.6) is 11.5 Å². The van der Waals surface area contributed by atoms with Crippen LogP contribution in [0.15, 0.2) is 105 Å². The van der Waals surface area contributed by atoms with Crippen LogP contribution in [0.25, 0.3) is 0 Å². The van der Waals surface area contributed by atoms with Crippen molar-refractivity contribution in [3.05, 3.63) is 133 Å². The number of carbonyl (C=O) groups is 2. The molecule has 3 aromatic carbocycles. The summed E-state index contributed by atoms with van der Waals surface area (Å²) < 4.78 is 11.3. The van der Waals surface area contributed by atoms with Crippen molar-refractivity contribution in [3.8, 4) is 11.5 Å². The molecule has 0 atom stereocenters. The number of benzene rings is 3. The maximum Gasteiger partial charge on any atom is 0.343 e. The zero-order valence-electron chi connectivity index (χ0n) is 18.5. The van der Waals surface area contributed by atoms with E-state index in [1.54, 1.807) is 54.6 Å². The number of hydrogen-bond acceptors (Lipinski definition) is 4. The van der Waals surface area contributed by atoms with Crippen molar-refractivity contribution < 1.29 is 19.1 Å². The highest BCUT2D eigenvalue weighted by Gasteiger charge is 2.18. The first-order valence-electron chi connectivity index (χ1n) is 10.6. The Bertz CT molecular complexity index is 1100. The van der Waals surface area contributed by atoms with Gasteiger partial charge in [-0.15, -0.1) is 19.7 Å². The second kappa shape index (κ2) is 11.4. The van der Waals surface area contributed by atoms with Crippen LogP contribution in [0, 0.1) is 0 Å². The van der Waals surface area contributed by atoms with E-state index in [0.717, 1.165) is 16.7 Å². The molecule has 0 radical (unpaired) electrons. The van der Waals surface area contributed by atoms with Gasteiger partial charge in [-0.05, 0) is 66.3 Å². The molecule has 4 nitrogen and oxygen atoms in total. The van der Waals surface area contributed by atoms with Gasteiger partial charge in [0.25, 0.3) is 0 Å². The van der Waals surface area contributed by atoms with Crippen LogP contribution in [0.4, 0.5) is 0 Å². The summed E-state index contributed by atoms with van der Waals surface area (Å²) in [7, 11) is 0. The molecular formula is C29H26O4. The van der Waals surface area contributed by atoms with Crippen LogP contribution in [-0.4, -0.2) is 11.9 Å². The van der Waals surface area contributed by atoms with Crippen LogP contribution in [0.3, 0.4) is 0 Å². The van der Waals surface area contributed by atoms with Crippen molar-refractivity contribution in [2.24, 2.45) is 0 Å². The highest BCUT2D eigenvalue weighted by atomic mass is 16.5. The highest BCUT2D eigenvalue weighted by molar-refractivity contribution is 5.97. The summed E-state index contributed by atoms with van der Waals surface area (Å²) in [6.07, 6.45) is 6.83. The van der Waals surface area contributed by atoms with Crippen molar-refractivity contribution >= 4 is 11.9 Å². The Morgan fingerprint density at radius 3 is 1.48 bits per heavy atom. The first-order valence-corrected chi connectivity index (χ1v) is 10.6. The topological polar surface area (TPSA) is 52.6 Å². The molecule has 33 heavy (non-hydrogen) atoms. The largest absolute Gasteiger partial charge is 0.423 e. The van der Waals surface area contributed by atoms with E-state index in [4.69, 9.17) is 9.47 Å². The minimum absolute atomic E-state index is 0.258. The minimum atomic E-state index is -0.557. The third kappa shape index (κ3) is 6.17. The molecule has 0 heterocycles. The summed E-state index contributed by atoms with van der Waals surface area (Å²) in [6.45, 7) is 11.2. The van der Waals surface area contributed by atoms with E-state index >= 15 is 0 Å². The molecule has 0 unspecified atom stereocenters. The Hall–Kier alpha value is -4.18. The summed E-state index contributed by atoms with van der Waals surface area (Å²) >= 11 is 0. The molecule has 0 aliphatic rings. The number of para-hydroxylation sites is 2. The average Bonchev–Trinajstić information content (AvgIpc) is 2.82. The van der Waals surface area contributed by atoms with Gasteiger partial charge in [0.2, 0.25) is 0 Å². The first kappa shape index (κ1) is 23.5. The van der Waals surface area contributed by atoms with Gasteiger partial charge < -0.3 is 9.47 Å². The fourth-order valence-electron chi connectivity index (χ4n) is 3.38. The van der Waals surface area contributed by atoms with Gasteiger partial charge in [0.15, 0.2) is 0 Å². The Morgan fingerprint density at radius 1 is 0.636 bits per heavy atom. The minimum Gasteiger partial charge on any atom is -0.423 e. The van der Waals surface area contributed by atoms with Crippen LogP contribution >= 0.6 is 0 Å². The molecule has 4 heteroatoms. The highest BCUT2D eigenvalue weighted by Crippen LogP contribution is 2.23. The van der Waals surface area contributed by atoms with E-state index in [1.165, 1.54) is 6.07 Å². The maximum atomic E-state index is 13.0. The van der Waals surface area contributed by atoms with Gasteiger partial charge in [0.1, 0.15) is 11.5 Å². The van der Waals surface area contributed by atoms with Crippen molar-refractivity contribution in [2.75, 3.05) is 0 Å². The second-order valence-electron chi connectivity index (χ2n) is 7.39. The average molecular weight is 439 g/mol. The number of hydrogen-bond donors (Lipinski definition) is 0. The van der Waals surface area contributed by atoms with Crippen molar-refractivity contribution in [1.82, 2.24) is 0 Å². The lowest BCUT2D eigenvalue weighted by Crippen LogP contribution is -2.14. The van der Waals surface area contributed by atoms with Gasteiger partial charge in [0.05, 0.1) is 11.1 Å². The maximum absolute atomic E-state index is 13.0. The van der Waals surface area contributed by atoms with E-state index in [9.17, 15) is 9.59 Å². The van der Waals surface area contributed by atoms with Crippen LogP contribution in [-0.2, 0) is 19.3 Å². The van der Waals surface area contributed by atoms with Gasteiger partial charge in [-0.3, -0.25) is 0 Å². The molecule has 166 valence electrons. The number of ether oxygens (including phenoxy) is 2. The molecule has 0 fully saturated rings. The molecule has 0 aromatic heterocycles. The van der Waals surface area contributed by atoms with E-state index in [1.807, 2.05) is 24.3 Å². The predicted octanol–water partition coefficient (Wildman–Crippen LogP) is 6.31. The molecular weight excluding hydrogens is 412 g/mol. The Kier molecular flexibility index (Phi) is 8.14. The quantitative estimate of drug-likeness (QED) is 0.211. The van der Waals surface area contributed by atoms with E-state index in [0.29, 0.717) is 30.8 Å². The fraction of sp³-hybridized carbons (Fsp3) is 0.103. The third-order valence-electron chi connectivity index (χ3n) is 4.92. The molecule has 0 amide bonds. The zero-order chi connectivity index (χ0) is 23.6. The first-order chi connectivity index (χ1) is 16.0. The van der Waals surface area contributed by atoms with Gasteiger partial charge in [-0.2, -0.15) is 0 Å². The lowest BCUT2D eigenvalue weighted by atomic mass is 10.0. The van der Waals surface area contributed by atoms with Gasteiger partial charge >= 0.3 is 11.9 Å². The second-order valence-corrected chi connectivity index (χ2v) is 7.39. The number of esters is 2. The van der Waals surface area contributed by atoms with Crippen LogP contribution in [0.2, 0.25) is 0 Å². The number of allylic oxidation sites excluding steroid dienone is 3. The Labute approximate surface area is 194 Å². The smallest absolute Gasteiger partial charge is 0.343 e. The Balaban J connectivity index is 1.90. The standard InChI is InChI=1S/C29H26O4/c1-4-11-21-18-24(28(30)32-26-16-9-7-14-22(26)12-5-2)20-25(19-21)29(31)33-27-17-10-8-15-23(27)13-6-3/h4-10,14-20H,1-3,11-13H2. The summed E-state index contributed by atoms with van der Waals surface area (Å²) in [5, 5.41) is 0. The molecule has 0 aliphatic heterocycles. The van der Waals surface area contributed by atoms with Crippen molar-refractivity contribution in [1.29, 1.82) is 0 Å². The molecule has 0 saturated carbocycles. The van der Waals surface area contributed by atoms with Crippen LogP contribution in [0.1, 0.15) is 37.4 Å². The van der Waals surface area contributed by atoms with Gasteiger partial charge in [-0.1, -0.05) is 54.6 Å². The molecule has 0 spiro atoms. The number of carbonyl (C=O) groups excluding carboxylic acids is 2. The zero-order valence-corrected chi connectivity index (χ0v) is 18.5. The molecule has 0 bridgehead atoms. The monoisotopic (exact) mass is 438 g/mol. The summed E-state index contributed by atoms with van der Waals surface area (Å²) in [4.78, 5) is 25.9. The fourth-order valence-corrected chi connectivity index (χ4v) is 3.38. The van der Waals surface area contributed by atoms with Crippen LogP contribution < -0.4 is 9.47 Å². The SMILES string of the molecule is C=CCc1cc(C(=O)Oc2ccccc2CC=C)cc(C(=O)Oc2ccccc2CC=C)c1. The Morgan fingerprint density at radius 2 is 1.06 bits per heavy atom. The van der Waals surface area contributed by atoms with Crippen molar-refractivity contribution in [3.63, 3.8) is 0 Å². The summed E-state index contributed by atoms with van der Waals surface area (Å²) in [6, 6.07) is 19.4. The number of rotatable bonds is 10. The van der Waals surface area contributed by atoms with Crippen molar-refractivity contribution in [2.45, 2.75) is 19.3 Å². The van der Waals surface area contributed by atoms with E-state index in [-0.39, 0.29) is 11.1 Å². The van der Waals surface area contributed by atoms with E-state index < -0.39 is 11.9 Å².